The first-order valence-electron chi connectivity index (χ1n) is 6.50. The quantitative estimate of drug-likeness (QED) is 0.694. The first-order valence-corrected chi connectivity index (χ1v) is 6.50. The maximum Gasteiger partial charge on any atom is 0.222 e. The lowest BCUT2D eigenvalue weighted by Crippen LogP contribution is -2.25. The van der Waals surface area contributed by atoms with Crippen LogP contribution in [-0.2, 0) is 0 Å². The number of allylic oxidation sites excluding steroid dienone is 1. The number of nitrogen functional groups attached to an aromatic ring is 1. The topological polar surface area (TPSA) is 97.0 Å². The van der Waals surface area contributed by atoms with Crippen LogP contribution in [0, 0.1) is 0 Å². The molecule has 0 saturated carbocycles. The summed E-state index contributed by atoms with van der Waals surface area (Å²) in [4.78, 5) is 12.6. The van der Waals surface area contributed by atoms with Crippen LogP contribution in [0.4, 0.5) is 11.8 Å². The van der Waals surface area contributed by atoms with Crippen molar-refractivity contribution in [1.29, 1.82) is 0 Å². The van der Waals surface area contributed by atoms with Gasteiger partial charge in [0, 0.05) is 6.20 Å². The SMILES string of the molecule is C=C(C)CC[C@H](CO)Nc1nc(N)nc2cccnc12. The average molecular weight is 273 g/mol. The highest BCUT2D eigenvalue weighted by Crippen LogP contribution is 2.20. The smallest absolute Gasteiger partial charge is 0.222 e. The number of aromatic nitrogens is 3. The van der Waals surface area contributed by atoms with E-state index < -0.39 is 0 Å². The monoisotopic (exact) mass is 273 g/mol. The van der Waals surface area contributed by atoms with Crippen LogP contribution in [0.3, 0.4) is 0 Å². The molecule has 1 atom stereocenters. The molecule has 0 spiro atoms. The molecule has 0 saturated heterocycles. The third kappa shape index (κ3) is 3.42. The standard InChI is InChI=1S/C14H19N5O/c1-9(2)5-6-10(8-20)17-13-12-11(4-3-7-16-12)18-14(15)19-13/h3-4,7,10,20H,1,5-6,8H2,2H3,(H3,15,17,18,19)/t10-/m1/s1. The zero-order valence-corrected chi connectivity index (χ0v) is 11.5. The number of hydrogen-bond donors (Lipinski definition) is 3. The Kier molecular flexibility index (Phi) is 4.47. The minimum Gasteiger partial charge on any atom is -0.394 e. The summed E-state index contributed by atoms with van der Waals surface area (Å²) in [7, 11) is 0. The van der Waals surface area contributed by atoms with Crippen molar-refractivity contribution in [3.05, 3.63) is 30.5 Å². The van der Waals surface area contributed by atoms with Crippen molar-refractivity contribution in [1.82, 2.24) is 15.0 Å². The molecule has 0 aliphatic rings. The third-order valence-electron chi connectivity index (χ3n) is 2.95. The van der Waals surface area contributed by atoms with E-state index in [1.165, 1.54) is 0 Å². The largest absolute Gasteiger partial charge is 0.394 e. The molecule has 6 nitrogen and oxygen atoms in total. The summed E-state index contributed by atoms with van der Waals surface area (Å²) in [6.45, 7) is 5.84. The van der Waals surface area contributed by atoms with E-state index in [1.54, 1.807) is 12.3 Å². The van der Waals surface area contributed by atoms with Gasteiger partial charge in [-0.15, -0.1) is 6.58 Å². The molecule has 6 heteroatoms. The van der Waals surface area contributed by atoms with Gasteiger partial charge >= 0.3 is 0 Å². The second kappa shape index (κ2) is 6.29. The van der Waals surface area contributed by atoms with E-state index in [4.69, 9.17) is 5.73 Å². The Morgan fingerprint density at radius 1 is 1.50 bits per heavy atom. The van der Waals surface area contributed by atoms with Gasteiger partial charge in [-0.2, -0.15) is 4.98 Å². The van der Waals surface area contributed by atoms with E-state index >= 15 is 0 Å². The lowest BCUT2D eigenvalue weighted by Gasteiger charge is -2.17. The predicted molar refractivity (Wildman–Crippen MR) is 80.3 cm³/mol. The number of nitrogens with two attached hydrogens (primary N) is 1. The second-order valence-corrected chi connectivity index (χ2v) is 4.82. The van der Waals surface area contributed by atoms with Crippen molar-refractivity contribution < 1.29 is 5.11 Å². The summed E-state index contributed by atoms with van der Waals surface area (Å²) < 4.78 is 0. The fourth-order valence-corrected chi connectivity index (χ4v) is 1.91. The highest BCUT2D eigenvalue weighted by atomic mass is 16.3. The van der Waals surface area contributed by atoms with Crippen molar-refractivity contribution in [2.24, 2.45) is 0 Å². The maximum atomic E-state index is 9.45. The van der Waals surface area contributed by atoms with Gasteiger partial charge in [0.1, 0.15) is 5.52 Å². The molecule has 0 aromatic carbocycles. The van der Waals surface area contributed by atoms with Gasteiger partial charge in [0.25, 0.3) is 0 Å². The minimum atomic E-state index is -0.119. The van der Waals surface area contributed by atoms with Crippen LogP contribution >= 0.6 is 0 Å². The van der Waals surface area contributed by atoms with Crippen molar-refractivity contribution in [3.63, 3.8) is 0 Å². The van der Waals surface area contributed by atoms with Crippen molar-refractivity contribution in [2.45, 2.75) is 25.8 Å². The van der Waals surface area contributed by atoms with Crippen molar-refractivity contribution in [3.8, 4) is 0 Å². The molecule has 106 valence electrons. The van der Waals surface area contributed by atoms with E-state index in [1.807, 2.05) is 13.0 Å². The Balaban J connectivity index is 2.25. The summed E-state index contributed by atoms with van der Waals surface area (Å²) in [6.07, 6.45) is 3.28. The van der Waals surface area contributed by atoms with Gasteiger partial charge in [-0.3, -0.25) is 4.98 Å². The summed E-state index contributed by atoms with van der Waals surface area (Å²) in [5.74, 6) is 0.735. The number of aliphatic hydroxyl groups excluding tert-OH is 1. The number of anilines is 2. The molecule has 2 heterocycles. The van der Waals surface area contributed by atoms with Crippen LogP contribution in [-0.4, -0.2) is 32.7 Å². The Morgan fingerprint density at radius 2 is 2.30 bits per heavy atom. The zero-order valence-electron chi connectivity index (χ0n) is 11.5. The highest BCUT2D eigenvalue weighted by Gasteiger charge is 2.12. The molecule has 0 amide bonds. The number of nitrogens with zero attached hydrogens (tertiary/aromatic N) is 3. The molecule has 0 aliphatic carbocycles. The Hall–Kier alpha value is -2.21. The van der Waals surface area contributed by atoms with E-state index in [0.29, 0.717) is 16.9 Å². The number of hydrogen-bond acceptors (Lipinski definition) is 6. The van der Waals surface area contributed by atoms with Crippen LogP contribution in [0.25, 0.3) is 11.0 Å². The number of aliphatic hydroxyl groups is 1. The predicted octanol–water partition coefficient (Wildman–Crippen LogP) is 1.74. The summed E-state index contributed by atoms with van der Waals surface area (Å²) in [5, 5.41) is 12.6. The number of pyridine rings is 1. The molecule has 4 N–H and O–H groups in total. The average Bonchev–Trinajstić information content (AvgIpc) is 2.42. The molecule has 20 heavy (non-hydrogen) atoms. The summed E-state index contributed by atoms with van der Waals surface area (Å²) in [5.41, 5.74) is 8.10. The van der Waals surface area contributed by atoms with Crippen LogP contribution in [0.2, 0.25) is 0 Å². The molecule has 0 unspecified atom stereocenters. The van der Waals surface area contributed by atoms with E-state index in [9.17, 15) is 5.11 Å². The molecule has 2 rings (SSSR count). The van der Waals surface area contributed by atoms with Crippen LogP contribution in [0.1, 0.15) is 19.8 Å². The second-order valence-electron chi connectivity index (χ2n) is 4.82. The molecule has 0 radical (unpaired) electrons. The maximum absolute atomic E-state index is 9.45. The van der Waals surface area contributed by atoms with Crippen LogP contribution < -0.4 is 11.1 Å². The van der Waals surface area contributed by atoms with Gasteiger partial charge in [-0.25, -0.2) is 4.98 Å². The normalized spacial score (nSPS) is 12.3. The third-order valence-corrected chi connectivity index (χ3v) is 2.95. The molecule has 2 aromatic rings. The van der Waals surface area contributed by atoms with Crippen LogP contribution in [0.5, 0.6) is 0 Å². The van der Waals surface area contributed by atoms with E-state index in [-0.39, 0.29) is 18.6 Å². The summed E-state index contributed by atoms with van der Waals surface area (Å²) in [6, 6.07) is 3.50. The summed E-state index contributed by atoms with van der Waals surface area (Å²) >= 11 is 0. The first kappa shape index (κ1) is 14.2. The lowest BCUT2D eigenvalue weighted by atomic mass is 10.1. The molecule has 0 fully saturated rings. The Morgan fingerprint density at radius 3 is 3.00 bits per heavy atom. The fraction of sp³-hybridized carbons (Fsp3) is 0.357. The molecular formula is C14H19N5O. The van der Waals surface area contributed by atoms with Gasteiger partial charge < -0.3 is 16.2 Å². The fourth-order valence-electron chi connectivity index (χ4n) is 1.91. The molecule has 2 aromatic heterocycles. The number of fused-ring (bicyclic) bond motifs is 1. The number of nitrogens with one attached hydrogen (secondary N) is 1. The molecule has 0 bridgehead atoms. The molecular weight excluding hydrogens is 254 g/mol. The highest BCUT2D eigenvalue weighted by molar-refractivity contribution is 5.85. The van der Waals surface area contributed by atoms with Gasteiger partial charge in [0.2, 0.25) is 5.95 Å². The van der Waals surface area contributed by atoms with Gasteiger partial charge in [-0.1, -0.05) is 5.57 Å². The van der Waals surface area contributed by atoms with E-state index in [2.05, 4.69) is 26.8 Å². The lowest BCUT2D eigenvalue weighted by molar-refractivity contribution is 0.269. The van der Waals surface area contributed by atoms with Gasteiger partial charge in [-0.05, 0) is 31.9 Å². The van der Waals surface area contributed by atoms with Crippen molar-refractivity contribution >= 4 is 22.8 Å². The van der Waals surface area contributed by atoms with Gasteiger partial charge in [0.05, 0.1) is 18.2 Å². The van der Waals surface area contributed by atoms with E-state index in [0.717, 1.165) is 18.4 Å². The minimum absolute atomic E-state index is 0.00547. The van der Waals surface area contributed by atoms with Crippen molar-refractivity contribution in [2.75, 3.05) is 17.7 Å². The molecule has 0 aliphatic heterocycles. The first-order chi connectivity index (χ1) is 9.60. The Labute approximate surface area is 117 Å². The van der Waals surface area contributed by atoms with Crippen LogP contribution in [0.15, 0.2) is 30.5 Å². The number of rotatable bonds is 6. The zero-order chi connectivity index (χ0) is 14.5. The Bertz CT molecular complexity index is 614. The van der Waals surface area contributed by atoms with Gasteiger partial charge in [0.15, 0.2) is 5.82 Å².